The molecule has 3 heterocycles. The molecular formula is C18H14ClN3O2S. The molecular weight excluding hydrogens is 358 g/mol. The van der Waals surface area contributed by atoms with Gasteiger partial charge in [-0.1, -0.05) is 11.6 Å². The molecule has 0 atom stereocenters. The van der Waals surface area contributed by atoms with Crippen LogP contribution in [0, 0.1) is 0 Å². The number of furan rings is 1. The van der Waals surface area contributed by atoms with Crippen molar-refractivity contribution in [3.05, 3.63) is 70.8 Å². The Balaban J connectivity index is 1.64. The van der Waals surface area contributed by atoms with Gasteiger partial charge in [0.1, 0.15) is 11.6 Å². The lowest BCUT2D eigenvalue weighted by Crippen LogP contribution is -2.13. The average Bonchev–Trinajstić information content (AvgIpc) is 3.32. The van der Waals surface area contributed by atoms with Gasteiger partial charge in [0.25, 0.3) is 0 Å². The van der Waals surface area contributed by atoms with E-state index in [2.05, 4.69) is 10.4 Å². The van der Waals surface area contributed by atoms with Crippen LogP contribution in [0.3, 0.4) is 0 Å². The van der Waals surface area contributed by atoms with Crippen LogP contribution in [-0.4, -0.2) is 15.7 Å². The summed E-state index contributed by atoms with van der Waals surface area (Å²) in [5.74, 6) is 2.78. The maximum absolute atomic E-state index is 12.3. The minimum Gasteiger partial charge on any atom is -0.465 e. The SMILES string of the molecule is O=C(/C=C/c1ccco1)Nc1c2c(nn1-c1ccc(Cl)cc1)CSC2. The van der Waals surface area contributed by atoms with Gasteiger partial charge in [0, 0.05) is 28.2 Å². The van der Waals surface area contributed by atoms with Crippen LogP contribution in [0.4, 0.5) is 5.82 Å². The first-order chi connectivity index (χ1) is 12.2. The molecule has 1 aliphatic rings. The minimum atomic E-state index is -0.230. The molecule has 1 aromatic carbocycles. The van der Waals surface area contributed by atoms with E-state index < -0.39 is 0 Å². The van der Waals surface area contributed by atoms with Crippen LogP contribution in [0.1, 0.15) is 17.0 Å². The molecule has 0 saturated heterocycles. The van der Waals surface area contributed by atoms with Crippen LogP contribution in [0.15, 0.2) is 53.2 Å². The Kier molecular flexibility index (Phi) is 4.38. The molecule has 126 valence electrons. The van der Waals surface area contributed by atoms with Gasteiger partial charge in [-0.3, -0.25) is 4.79 Å². The van der Waals surface area contributed by atoms with E-state index in [0.717, 1.165) is 28.5 Å². The van der Waals surface area contributed by atoms with Crippen molar-refractivity contribution in [1.82, 2.24) is 9.78 Å². The molecule has 1 N–H and O–H groups in total. The van der Waals surface area contributed by atoms with Crippen LogP contribution < -0.4 is 5.32 Å². The number of thioether (sulfide) groups is 1. The third-order valence-corrected chi connectivity index (χ3v) is 5.03. The first-order valence-electron chi connectivity index (χ1n) is 7.68. The van der Waals surface area contributed by atoms with E-state index in [1.807, 2.05) is 12.1 Å². The number of amides is 1. The summed E-state index contributed by atoms with van der Waals surface area (Å²) in [5, 5.41) is 8.26. The monoisotopic (exact) mass is 371 g/mol. The number of rotatable bonds is 4. The van der Waals surface area contributed by atoms with Crippen LogP contribution in [0.25, 0.3) is 11.8 Å². The highest BCUT2D eigenvalue weighted by atomic mass is 35.5. The zero-order valence-corrected chi connectivity index (χ0v) is 14.7. The molecule has 0 fully saturated rings. The number of hydrogen-bond acceptors (Lipinski definition) is 4. The summed E-state index contributed by atoms with van der Waals surface area (Å²) in [6.07, 6.45) is 4.65. The zero-order chi connectivity index (χ0) is 17.2. The van der Waals surface area contributed by atoms with Crippen LogP contribution in [-0.2, 0) is 16.3 Å². The van der Waals surface area contributed by atoms with Gasteiger partial charge in [0.15, 0.2) is 0 Å². The summed E-state index contributed by atoms with van der Waals surface area (Å²) in [6.45, 7) is 0. The maximum Gasteiger partial charge on any atom is 0.249 e. The van der Waals surface area contributed by atoms with Gasteiger partial charge < -0.3 is 9.73 Å². The summed E-state index contributed by atoms with van der Waals surface area (Å²) in [4.78, 5) is 12.3. The molecule has 0 saturated carbocycles. The fourth-order valence-electron chi connectivity index (χ4n) is 2.61. The second kappa shape index (κ2) is 6.82. The number of carbonyl (C=O) groups excluding carboxylic acids is 1. The van der Waals surface area contributed by atoms with Crippen molar-refractivity contribution in [1.29, 1.82) is 0 Å². The second-order valence-electron chi connectivity index (χ2n) is 5.49. The Morgan fingerprint density at radius 3 is 2.88 bits per heavy atom. The van der Waals surface area contributed by atoms with Crippen molar-refractivity contribution in [2.75, 3.05) is 5.32 Å². The summed E-state index contributed by atoms with van der Waals surface area (Å²) in [7, 11) is 0. The summed E-state index contributed by atoms with van der Waals surface area (Å²) in [5.41, 5.74) is 2.93. The van der Waals surface area contributed by atoms with Gasteiger partial charge in [-0.15, -0.1) is 0 Å². The van der Waals surface area contributed by atoms with E-state index in [1.54, 1.807) is 53.0 Å². The van der Waals surface area contributed by atoms with Gasteiger partial charge in [-0.05, 0) is 42.5 Å². The summed E-state index contributed by atoms with van der Waals surface area (Å²) in [6, 6.07) is 10.9. The molecule has 0 radical (unpaired) electrons. The lowest BCUT2D eigenvalue weighted by Gasteiger charge is -2.10. The number of fused-ring (bicyclic) bond motifs is 1. The molecule has 2 aromatic heterocycles. The third-order valence-electron chi connectivity index (χ3n) is 3.81. The van der Waals surface area contributed by atoms with E-state index in [0.29, 0.717) is 16.6 Å². The van der Waals surface area contributed by atoms with Crippen LogP contribution >= 0.6 is 23.4 Å². The predicted molar refractivity (Wildman–Crippen MR) is 99.9 cm³/mol. The fraction of sp³-hybridized carbons (Fsp3) is 0.111. The van der Waals surface area contributed by atoms with E-state index >= 15 is 0 Å². The number of nitrogens with zero attached hydrogens (tertiary/aromatic N) is 2. The summed E-state index contributed by atoms with van der Waals surface area (Å²) < 4.78 is 6.96. The number of nitrogens with one attached hydrogen (secondary N) is 1. The van der Waals surface area contributed by atoms with Crippen LogP contribution in [0.5, 0.6) is 0 Å². The molecule has 7 heteroatoms. The minimum absolute atomic E-state index is 0.230. The quantitative estimate of drug-likeness (QED) is 0.685. The number of halogens is 1. The lowest BCUT2D eigenvalue weighted by atomic mass is 10.2. The Morgan fingerprint density at radius 1 is 1.28 bits per heavy atom. The number of anilines is 1. The molecule has 0 bridgehead atoms. The van der Waals surface area contributed by atoms with Gasteiger partial charge in [0.2, 0.25) is 5.91 Å². The number of aromatic nitrogens is 2. The molecule has 1 amide bonds. The molecule has 25 heavy (non-hydrogen) atoms. The summed E-state index contributed by atoms with van der Waals surface area (Å²) >= 11 is 7.75. The van der Waals surface area contributed by atoms with Crippen molar-refractivity contribution in [3.8, 4) is 5.69 Å². The first kappa shape index (κ1) is 16.1. The standard InChI is InChI=1S/C18H14ClN3O2S/c19-12-3-5-13(6-4-12)22-18(15-10-25-11-16(15)21-22)20-17(23)8-7-14-2-1-9-24-14/h1-9H,10-11H2,(H,20,23)/b8-7+. The largest absolute Gasteiger partial charge is 0.465 e. The zero-order valence-electron chi connectivity index (χ0n) is 13.1. The highest BCUT2D eigenvalue weighted by molar-refractivity contribution is 7.98. The lowest BCUT2D eigenvalue weighted by molar-refractivity contribution is -0.111. The molecule has 1 aliphatic heterocycles. The van der Waals surface area contributed by atoms with Crippen molar-refractivity contribution in [2.45, 2.75) is 11.5 Å². The molecule has 0 spiro atoms. The number of carbonyl (C=O) groups is 1. The highest BCUT2D eigenvalue weighted by Crippen LogP contribution is 2.36. The maximum atomic E-state index is 12.3. The Labute approximate surface area is 153 Å². The van der Waals surface area contributed by atoms with Gasteiger partial charge in [0.05, 0.1) is 17.6 Å². The highest BCUT2D eigenvalue weighted by Gasteiger charge is 2.24. The van der Waals surface area contributed by atoms with E-state index in [1.165, 1.54) is 6.08 Å². The first-order valence-corrected chi connectivity index (χ1v) is 9.21. The van der Waals surface area contributed by atoms with E-state index in [-0.39, 0.29) is 5.91 Å². The number of benzene rings is 1. The number of hydrogen-bond donors (Lipinski definition) is 1. The van der Waals surface area contributed by atoms with E-state index in [4.69, 9.17) is 16.0 Å². The van der Waals surface area contributed by atoms with Crippen molar-refractivity contribution in [3.63, 3.8) is 0 Å². The van der Waals surface area contributed by atoms with Crippen molar-refractivity contribution >= 4 is 41.2 Å². The van der Waals surface area contributed by atoms with Gasteiger partial charge >= 0.3 is 0 Å². The average molecular weight is 372 g/mol. The van der Waals surface area contributed by atoms with Crippen LogP contribution in [0.2, 0.25) is 5.02 Å². The fourth-order valence-corrected chi connectivity index (χ4v) is 3.77. The Morgan fingerprint density at radius 2 is 2.12 bits per heavy atom. The molecule has 0 aliphatic carbocycles. The topological polar surface area (TPSA) is 60.1 Å². The van der Waals surface area contributed by atoms with Gasteiger partial charge in [-0.2, -0.15) is 16.9 Å². The predicted octanol–water partition coefficient (Wildman–Crippen LogP) is 4.52. The second-order valence-corrected chi connectivity index (χ2v) is 6.91. The smallest absolute Gasteiger partial charge is 0.249 e. The normalized spacial score (nSPS) is 13.3. The molecule has 0 unspecified atom stereocenters. The van der Waals surface area contributed by atoms with E-state index in [9.17, 15) is 4.79 Å². The molecule has 3 aromatic rings. The Hall–Kier alpha value is -2.44. The van der Waals surface area contributed by atoms with Gasteiger partial charge in [-0.25, -0.2) is 4.68 Å². The Bertz CT molecular complexity index is 930. The van der Waals surface area contributed by atoms with Crippen molar-refractivity contribution < 1.29 is 9.21 Å². The van der Waals surface area contributed by atoms with Crippen molar-refractivity contribution in [2.24, 2.45) is 0 Å². The molecule has 4 rings (SSSR count). The molecule has 5 nitrogen and oxygen atoms in total. The third kappa shape index (κ3) is 3.36.